The summed E-state index contributed by atoms with van der Waals surface area (Å²) in [6.07, 6.45) is 3.20. The SMILES string of the molecule is CCCOCc1nc(C)c(CCCNCC(C)C)c(C)n1. The molecule has 1 heterocycles. The maximum atomic E-state index is 5.52. The molecule has 0 bridgehead atoms. The molecule has 4 nitrogen and oxygen atoms in total. The van der Waals surface area contributed by atoms with E-state index in [1.165, 1.54) is 5.56 Å². The fourth-order valence-corrected chi connectivity index (χ4v) is 2.32. The van der Waals surface area contributed by atoms with Crippen LogP contribution in [0.5, 0.6) is 0 Å². The number of ether oxygens (including phenoxy) is 1. The summed E-state index contributed by atoms with van der Waals surface area (Å²) >= 11 is 0. The minimum atomic E-state index is 0.520. The predicted octanol–water partition coefficient (Wildman–Crippen LogP) is 3.20. The molecule has 4 heteroatoms. The van der Waals surface area contributed by atoms with Crippen molar-refractivity contribution < 1.29 is 4.74 Å². The molecule has 0 radical (unpaired) electrons. The fourth-order valence-electron chi connectivity index (χ4n) is 2.32. The highest BCUT2D eigenvalue weighted by molar-refractivity contribution is 5.24. The van der Waals surface area contributed by atoms with Crippen molar-refractivity contribution in [1.29, 1.82) is 0 Å². The zero-order chi connectivity index (χ0) is 15.7. The lowest BCUT2D eigenvalue weighted by molar-refractivity contribution is 0.116. The average Bonchev–Trinajstić information content (AvgIpc) is 2.41. The van der Waals surface area contributed by atoms with Gasteiger partial charge in [0, 0.05) is 18.0 Å². The summed E-state index contributed by atoms with van der Waals surface area (Å²) in [5.41, 5.74) is 3.49. The molecule has 120 valence electrons. The Kier molecular flexibility index (Phi) is 8.47. The third kappa shape index (κ3) is 7.00. The molecule has 1 aromatic heterocycles. The first-order chi connectivity index (χ1) is 10.0. The number of rotatable bonds is 10. The maximum Gasteiger partial charge on any atom is 0.154 e. The summed E-state index contributed by atoms with van der Waals surface area (Å²) in [4.78, 5) is 9.15. The molecular formula is C17H31N3O. The van der Waals surface area contributed by atoms with E-state index >= 15 is 0 Å². The lowest BCUT2D eigenvalue weighted by atomic mass is 10.1. The third-order valence-corrected chi connectivity index (χ3v) is 3.38. The number of nitrogens with one attached hydrogen (secondary N) is 1. The minimum absolute atomic E-state index is 0.520. The molecule has 0 fully saturated rings. The molecule has 0 aliphatic heterocycles. The Balaban J connectivity index is 2.47. The van der Waals surface area contributed by atoms with E-state index in [9.17, 15) is 0 Å². The number of aromatic nitrogens is 2. The predicted molar refractivity (Wildman–Crippen MR) is 87.5 cm³/mol. The van der Waals surface area contributed by atoms with Gasteiger partial charge in [-0.3, -0.25) is 0 Å². The van der Waals surface area contributed by atoms with Gasteiger partial charge in [-0.05, 0) is 57.7 Å². The highest BCUT2D eigenvalue weighted by Gasteiger charge is 2.08. The summed E-state index contributed by atoms with van der Waals surface area (Å²) in [7, 11) is 0. The molecule has 0 aliphatic carbocycles. The van der Waals surface area contributed by atoms with E-state index in [4.69, 9.17) is 4.74 Å². The quantitative estimate of drug-likeness (QED) is 0.673. The van der Waals surface area contributed by atoms with Crippen molar-refractivity contribution in [2.45, 2.75) is 60.5 Å². The van der Waals surface area contributed by atoms with Crippen LogP contribution in [0.4, 0.5) is 0 Å². The zero-order valence-electron chi connectivity index (χ0n) is 14.3. The van der Waals surface area contributed by atoms with Crippen molar-refractivity contribution in [1.82, 2.24) is 15.3 Å². The number of hydrogen-bond donors (Lipinski definition) is 1. The first-order valence-electron chi connectivity index (χ1n) is 8.16. The molecule has 0 unspecified atom stereocenters. The average molecular weight is 293 g/mol. The van der Waals surface area contributed by atoms with Crippen molar-refractivity contribution >= 4 is 0 Å². The van der Waals surface area contributed by atoms with Crippen LogP contribution in [0.2, 0.25) is 0 Å². The van der Waals surface area contributed by atoms with E-state index in [0.29, 0.717) is 12.5 Å². The van der Waals surface area contributed by atoms with E-state index in [1.807, 2.05) is 0 Å². The van der Waals surface area contributed by atoms with Crippen LogP contribution >= 0.6 is 0 Å². The maximum absolute atomic E-state index is 5.52. The Labute approximate surface area is 129 Å². The number of aryl methyl sites for hydroxylation is 2. The normalized spacial score (nSPS) is 11.3. The summed E-state index contributed by atoms with van der Waals surface area (Å²) in [6, 6.07) is 0. The second kappa shape index (κ2) is 9.85. The highest BCUT2D eigenvalue weighted by Crippen LogP contribution is 2.13. The number of nitrogens with zero attached hydrogens (tertiary/aromatic N) is 2. The highest BCUT2D eigenvalue weighted by atomic mass is 16.5. The van der Waals surface area contributed by atoms with E-state index in [1.54, 1.807) is 0 Å². The van der Waals surface area contributed by atoms with Crippen LogP contribution < -0.4 is 5.32 Å². The van der Waals surface area contributed by atoms with Crippen molar-refractivity contribution in [2.24, 2.45) is 5.92 Å². The van der Waals surface area contributed by atoms with Gasteiger partial charge < -0.3 is 10.1 Å². The molecule has 1 aromatic rings. The Morgan fingerprint density at radius 2 is 1.81 bits per heavy atom. The fraction of sp³-hybridized carbons (Fsp3) is 0.765. The molecule has 0 spiro atoms. The van der Waals surface area contributed by atoms with Crippen molar-refractivity contribution in [3.63, 3.8) is 0 Å². The van der Waals surface area contributed by atoms with Crippen molar-refractivity contribution in [3.8, 4) is 0 Å². The van der Waals surface area contributed by atoms with Crippen LogP contribution in [0.15, 0.2) is 0 Å². The zero-order valence-corrected chi connectivity index (χ0v) is 14.3. The Morgan fingerprint density at radius 1 is 1.14 bits per heavy atom. The van der Waals surface area contributed by atoms with Gasteiger partial charge in [0.2, 0.25) is 0 Å². The molecule has 0 saturated carbocycles. The number of hydrogen-bond acceptors (Lipinski definition) is 4. The van der Waals surface area contributed by atoms with E-state index in [2.05, 4.69) is 49.9 Å². The summed E-state index contributed by atoms with van der Waals surface area (Å²) < 4.78 is 5.52. The topological polar surface area (TPSA) is 47.0 Å². The molecular weight excluding hydrogens is 262 g/mol. The van der Waals surface area contributed by atoms with Crippen LogP contribution in [0, 0.1) is 19.8 Å². The molecule has 0 atom stereocenters. The van der Waals surface area contributed by atoms with Crippen LogP contribution in [-0.2, 0) is 17.8 Å². The largest absolute Gasteiger partial charge is 0.373 e. The molecule has 21 heavy (non-hydrogen) atoms. The van der Waals surface area contributed by atoms with Gasteiger partial charge in [0.15, 0.2) is 5.82 Å². The Hall–Kier alpha value is -1.00. The van der Waals surface area contributed by atoms with Crippen LogP contribution in [0.3, 0.4) is 0 Å². The van der Waals surface area contributed by atoms with Gasteiger partial charge in [-0.2, -0.15) is 0 Å². The lowest BCUT2D eigenvalue weighted by Crippen LogP contribution is -2.21. The smallest absolute Gasteiger partial charge is 0.154 e. The van der Waals surface area contributed by atoms with Crippen molar-refractivity contribution in [3.05, 3.63) is 22.8 Å². The van der Waals surface area contributed by atoms with Crippen LogP contribution in [0.1, 0.15) is 56.4 Å². The Bertz CT molecular complexity index is 395. The lowest BCUT2D eigenvalue weighted by Gasteiger charge is -2.12. The summed E-state index contributed by atoms with van der Waals surface area (Å²) in [5.74, 6) is 1.51. The van der Waals surface area contributed by atoms with Gasteiger partial charge >= 0.3 is 0 Å². The van der Waals surface area contributed by atoms with Gasteiger partial charge in [-0.1, -0.05) is 20.8 Å². The van der Waals surface area contributed by atoms with E-state index < -0.39 is 0 Å². The molecule has 1 N–H and O–H groups in total. The first kappa shape index (κ1) is 18.1. The first-order valence-corrected chi connectivity index (χ1v) is 8.16. The van der Waals surface area contributed by atoms with Gasteiger partial charge in [0.25, 0.3) is 0 Å². The van der Waals surface area contributed by atoms with Gasteiger partial charge in [-0.15, -0.1) is 0 Å². The standard InChI is InChI=1S/C17H31N3O/c1-6-10-21-12-17-19-14(4)16(15(5)20-17)8-7-9-18-11-13(2)3/h13,18H,6-12H2,1-5H3. The second-order valence-corrected chi connectivity index (χ2v) is 6.04. The van der Waals surface area contributed by atoms with E-state index in [-0.39, 0.29) is 0 Å². The van der Waals surface area contributed by atoms with Gasteiger partial charge in [0.05, 0.1) is 0 Å². The van der Waals surface area contributed by atoms with Crippen molar-refractivity contribution in [2.75, 3.05) is 19.7 Å². The molecule has 0 saturated heterocycles. The summed E-state index contributed by atoms with van der Waals surface area (Å²) in [5, 5.41) is 3.48. The van der Waals surface area contributed by atoms with Crippen LogP contribution in [-0.4, -0.2) is 29.7 Å². The Morgan fingerprint density at radius 3 is 2.38 bits per heavy atom. The molecule has 0 aliphatic rings. The molecule has 0 amide bonds. The van der Waals surface area contributed by atoms with Gasteiger partial charge in [-0.25, -0.2) is 9.97 Å². The monoisotopic (exact) mass is 293 g/mol. The third-order valence-electron chi connectivity index (χ3n) is 3.38. The summed E-state index contributed by atoms with van der Waals surface area (Å²) in [6.45, 7) is 14.2. The molecule has 1 rings (SSSR count). The minimum Gasteiger partial charge on any atom is -0.373 e. The second-order valence-electron chi connectivity index (χ2n) is 6.04. The van der Waals surface area contributed by atoms with E-state index in [0.717, 1.165) is 56.2 Å². The van der Waals surface area contributed by atoms with Crippen LogP contribution in [0.25, 0.3) is 0 Å². The van der Waals surface area contributed by atoms with Gasteiger partial charge in [0.1, 0.15) is 6.61 Å². The molecule has 0 aromatic carbocycles.